The number of carbonyl (C=O) groups excluding carboxylic acids is 2. The van der Waals surface area contributed by atoms with Crippen LogP contribution >= 0.6 is 0 Å². The minimum Gasteiger partial charge on any atom is -0.481 e. The number of aliphatic carboxylic acids is 2. The average molecular weight is 283 g/mol. The van der Waals surface area contributed by atoms with Crippen molar-refractivity contribution in [3.05, 3.63) is 12.2 Å². The summed E-state index contributed by atoms with van der Waals surface area (Å²) in [5, 5.41) is 15.4. The van der Waals surface area contributed by atoms with Crippen molar-refractivity contribution in [3.63, 3.8) is 0 Å². The van der Waals surface area contributed by atoms with Crippen LogP contribution in [0.4, 0.5) is 13.2 Å². The smallest absolute Gasteiger partial charge is 0.481 e. The van der Waals surface area contributed by atoms with Crippen molar-refractivity contribution in [2.75, 3.05) is 6.54 Å². The van der Waals surface area contributed by atoms with Gasteiger partial charge in [-0.15, -0.1) is 0 Å². The normalized spacial score (nSPS) is 14.2. The fourth-order valence-corrected chi connectivity index (χ4v) is 0.859. The fourth-order valence-electron chi connectivity index (χ4n) is 0.859. The van der Waals surface area contributed by atoms with E-state index in [-0.39, 0.29) is 13.0 Å². The molecule has 1 aliphatic heterocycles. The van der Waals surface area contributed by atoms with Crippen molar-refractivity contribution >= 4 is 23.8 Å². The van der Waals surface area contributed by atoms with Crippen LogP contribution in [-0.4, -0.2) is 51.6 Å². The van der Waals surface area contributed by atoms with Crippen LogP contribution in [0.15, 0.2) is 12.2 Å². The highest BCUT2D eigenvalue weighted by Crippen LogP contribution is 2.13. The molecular weight excluding hydrogens is 275 g/mol. The molecule has 0 bridgehead atoms. The molecule has 10 heteroatoms. The van der Waals surface area contributed by atoms with Gasteiger partial charge in [-0.25, -0.2) is 4.79 Å². The van der Waals surface area contributed by atoms with Gasteiger partial charge < -0.3 is 10.2 Å². The second-order valence-corrected chi connectivity index (χ2v) is 3.11. The molecule has 7 nitrogen and oxygen atoms in total. The Bertz CT molecular complexity index is 410. The molecule has 0 aliphatic carbocycles. The molecule has 19 heavy (non-hydrogen) atoms. The van der Waals surface area contributed by atoms with Gasteiger partial charge in [0.2, 0.25) is 0 Å². The lowest BCUT2D eigenvalue weighted by Gasteiger charge is -2.10. The minimum atomic E-state index is -5.08. The fraction of sp³-hybridized carbons (Fsp3) is 0.333. The Labute approximate surface area is 103 Å². The van der Waals surface area contributed by atoms with E-state index in [2.05, 4.69) is 0 Å². The van der Waals surface area contributed by atoms with Crippen LogP contribution in [-0.2, 0) is 19.2 Å². The van der Waals surface area contributed by atoms with Crippen molar-refractivity contribution in [3.8, 4) is 0 Å². The van der Waals surface area contributed by atoms with E-state index in [1.54, 1.807) is 0 Å². The van der Waals surface area contributed by atoms with Crippen LogP contribution in [0.2, 0.25) is 0 Å². The highest BCUT2D eigenvalue weighted by molar-refractivity contribution is 6.12. The average Bonchev–Trinajstić information content (AvgIpc) is 2.55. The molecule has 2 amide bonds. The molecular formula is C9H8F3NO6. The van der Waals surface area contributed by atoms with Gasteiger partial charge in [0, 0.05) is 18.7 Å². The molecule has 0 radical (unpaired) electrons. The second kappa shape index (κ2) is 6.52. The quantitative estimate of drug-likeness (QED) is 0.706. The summed E-state index contributed by atoms with van der Waals surface area (Å²) in [6.07, 6.45) is -3.03. The number of imide groups is 1. The number of alkyl halides is 3. The van der Waals surface area contributed by atoms with Crippen LogP contribution in [0.1, 0.15) is 6.42 Å². The molecule has 0 atom stereocenters. The second-order valence-electron chi connectivity index (χ2n) is 3.11. The maximum Gasteiger partial charge on any atom is 0.490 e. The molecule has 0 saturated carbocycles. The van der Waals surface area contributed by atoms with Gasteiger partial charge in [0.25, 0.3) is 11.8 Å². The molecule has 1 rings (SSSR count). The zero-order valence-electron chi connectivity index (χ0n) is 9.18. The molecule has 0 fully saturated rings. The highest BCUT2D eigenvalue weighted by atomic mass is 19.4. The van der Waals surface area contributed by atoms with Crippen LogP contribution in [0, 0.1) is 0 Å². The first-order valence-corrected chi connectivity index (χ1v) is 4.61. The predicted molar refractivity (Wildman–Crippen MR) is 51.8 cm³/mol. The van der Waals surface area contributed by atoms with Crippen molar-refractivity contribution in [2.24, 2.45) is 0 Å². The lowest BCUT2D eigenvalue weighted by Crippen LogP contribution is -2.31. The number of rotatable bonds is 3. The number of carboxylic acid groups (broad SMARTS) is 2. The summed E-state index contributed by atoms with van der Waals surface area (Å²) >= 11 is 0. The lowest BCUT2D eigenvalue weighted by molar-refractivity contribution is -0.192. The first-order valence-electron chi connectivity index (χ1n) is 4.61. The first-order chi connectivity index (χ1) is 8.55. The Morgan fingerprint density at radius 3 is 1.74 bits per heavy atom. The molecule has 0 aromatic heterocycles. The standard InChI is InChI=1S/C7H7NO4.C2HF3O2/c9-5-1-2-6(10)8(5)4-3-7(11)12;3-2(4,5)1(6)7/h1-2H,3-4H2,(H,11,12);(H,6,7). The molecule has 106 valence electrons. The third-order valence-electron chi connectivity index (χ3n) is 1.69. The number of hydrogen-bond donors (Lipinski definition) is 2. The summed E-state index contributed by atoms with van der Waals surface area (Å²) in [4.78, 5) is 41.5. The number of hydrogen-bond acceptors (Lipinski definition) is 4. The van der Waals surface area contributed by atoms with E-state index in [1.165, 1.54) is 0 Å². The third-order valence-corrected chi connectivity index (χ3v) is 1.69. The van der Waals surface area contributed by atoms with E-state index in [9.17, 15) is 27.6 Å². The van der Waals surface area contributed by atoms with E-state index in [4.69, 9.17) is 15.0 Å². The molecule has 2 N–H and O–H groups in total. The summed E-state index contributed by atoms with van der Waals surface area (Å²) < 4.78 is 31.7. The summed E-state index contributed by atoms with van der Waals surface area (Å²) in [5.74, 6) is -4.67. The zero-order valence-corrected chi connectivity index (χ0v) is 9.18. The Morgan fingerprint density at radius 2 is 1.47 bits per heavy atom. The molecule has 1 aliphatic rings. The molecule has 0 aromatic rings. The van der Waals surface area contributed by atoms with E-state index < -0.39 is 29.9 Å². The van der Waals surface area contributed by atoms with Crippen LogP contribution in [0.5, 0.6) is 0 Å². The summed E-state index contributed by atoms with van der Waals surface area (Å²) in [6.45, 7) is -0.0556. The monoisotopic (exact) mass is 283 g/mol. The van der Waals surface area contributed by atoms with E-state index in [1.807, 2.05) is 0 Å². The van der Waals surface area contributed by atoms with Crippen molar-refractivity contribution in [1.29, 1.82) is 0 Å². The lowest BCUT2D eigenvalue weighted by atomic mass is 10.4. The van der Waals surface area contributed by atoms with Gasteiger partial charge in [-0.2, -0.15) is 13.2 Å². The maximum absolute atomic E-state index is 10.8. The van der Waals surface area contributed by atoms with Gasteiger partial charge in [-0.3, -0.25) is 19.3 Å². The number of carboxylic acids is 2. The van der Waals surface area contributed by atoms with Crippen LogP contribution in [0.25, 0.3) is 0 Å². The highest BCUT2D eigenvalue weighted by Gasteiger charge is 2.38. The Balaban J connectivity index is 0.000000399. The zero-order chi connectivity index (χ0) is 15.2. The maximum atomic E-state index is 10.8. The van der Waals surface area contributed by atoms with Gasteiger partial charge in [0.1, 0.15) is 0 Å². The third kappa shape index (κ3) is 6.19. The predicted octanol–water partition coefficient (Wildman–Crippen LogP) is 0.0194. The summed E-state index contributed by atoms with van der Waals surface area (Å²) in [6, 6.07) is 0. The largest absolute Gasteiger partial charge is 0.490 e. The minimum absolute atomic E-state index is 0.0556. The number of nitrogens with zero attached hydrogens (tertiary/aromatic N) is 1. The van der Waals surface area contributed by atoms with Crippen molar-refractivity contribution in [1.82, 2.24) is 4.90 Å². The Morgan fingerprint density at radius 1 is 1.11 bits per heavy atom. The van der Waals surface area contributed by atoms with Gasteiger partial charge in [-0.1, -0.05) is 0 Å². The van der Waals surface area contributed by atoms with E-state index in [0.717, 1.165) is 17.1 Å². The Kier molecular flexibility index (Phi) is 5.70. The number of amides is 2. The van der Waals surface area contributed by atoms with E-state index in [0.29, 0.717) is 0 Å². The molecule has 1 heterocycles. The Hall–Kier alpha value is -2.39. The van der Waals surface area contributed by atoms with Gasteiger partial charge in [0.05, 0.1) is 6.42 Å². The molecule has 0 spiro atoms. The summed E-state index contributed by atoms with van der Waals surface area (Å²) in [7, 11) is 0. The SMILES string of the molecule is O=C(O)C(F)(F)F.O=C(O)CCN1C(=O)C=CC1=O. The molecule has 0 aromatic carbocycles. The first kappa shape index (κ1) is 16.6. The van der Waals surface area contributed by atoms with Crippen molar-refractivity contribution < 1.29 is 42.6 Å². The number of halogens is 3. The topological polar surface area (TPSA) is 112 Å². The van der Waals surface area contributed by atoms with E-state index >= 15 is 0 Å². The van der Waals surface area contributed by atoms with Crippen molar-refractivity contribution in [2.45, 2.75) is 12.6 Å². The number of carbonyl (C=O) groups is 4. The molecule has 0 unspecified atom stereocenters. The van der Waals surface area contributed by atoms with Crippen LogP contribution in [0.3, 0.4) is 0 Å². The van der Waals surface area contributed by atoms with Crippen LogP contribution < -0.4 is 0 Å². The van der Waals surface area contributed by atoms with Gasteiger partial charge >= 0.3 is 18.1 Å². The molecule has 0 saturated heterocycles. The van der Waals surface area contributed by atoms with Gasteiger partial charge in [0.15, 0.2) is 0 Å². The summed E-state index contributed by atoms with van der Waals surface area (Å²) in [5.41, 5.74) is 0. The van der Waals surface area contributed by atoms with Gasteiger partial charge in [-0.05, 0) is 0 Å².